The number of rotatable bonds is 6. The minimum Gasteiger partial charge on any atom is -0.478 e. The van der Waals surface area contributed by atoms with Gasteiger partial charge in [0.1, 0.15) is 9.90 Å². The number of carboxylic acids is 1. The second-order valence-corrected chi connectivity index (χ2v) is 7.47. The van der Waals surface area contributed by atoms with Crippen LogP contribution in [0.5, 0.6) is 0 Å². The number of aromatic carboxylic acids is 1. The molecule has 0 aliphatic heterocycles. The molecule has 2 aromatic heterocycles. The SMILES string of the molecule is NS(=O)(=O)c1ccc(CCNC(=O)c2ccc(C(=O)O)cn2)s1. The van der Waals surface area contributed by atoms with Crippen LogP contribution in [0.2, 0.25) is 0 Å². The second kappa shape index (κ2) is 6.86. The molecule has 1 amide bonds. The second-order valence-electron chi connectivity index (χ2n) is 4.51. The summed E-state index contributed by atoms with van der Waals surface area (Å²) in [7, 11) is -3.70. The van der Waals surface area contributed by atoms with Crippen LogP contribution in [0.4, 0.5) is 0 Å². The van der Waals surface area contributed by atoms with E-state index in [-0.39, 0.29) is 22.0 Å². The molecule has 4 N–H and O–H groups in total. The highest BCUT2D eigenvalue weighted by molar-refractivity contribution is 7.91. The third kappa shape index (κ3) is 4.58. The summed E-state index contributed by atoms with van der Waals surface area (Å²) in [5.41, 5.74) is 0.0991. The third-order valence-electron chi connectivity index (χ3n) is 2.82. The lowest BCUT2D eigenvalue weighted by Gasteiger charge is -2.04. The first-order valence-corrected chi connectivity index (χ1v) is 8.73. The van der Waals surface area contributed by atoms with Gasteiger partial charge >= 0.3 is 5.97 Å². The fourth-order valence-corrected chi connectivity index (χ4v) is 3.47. The number of hydrogen-bond acceptors (Lipinski definition) is 6. The fourth-order valence-electron chi connectivity index (χ4n) is 1.69. The molecule has 0 spiro atoms. The number of thiophene rings is 1. The number of carbonyl (C=O) groups excluding carboxylic acids is 1. The summed E-state index contributed by atoms with van der Waals surface area (Å²) in [6, 6.07) is 5.67. The van der Waals surface area contributed by atoms with Crippen molar-refractivity contribution in [2.75, 3.05) is 6.54 Å². The monoisotopic (exact) mass is 355 g/mol. The number of aromatic nitrogens is 1. The summed E-state index contributed by atoms with van der Waals surface area (Å²) < 4.78 is 22.4. The smallest absolute Gasteiger partial charge is 0.337 e. The Morgan fingerprint density at radius 2 is 2.00 bits per heavy atom. The van der Waals surface area contributed by atoms with E-state index in [1.54, 1.807) is 6.07 Å². The lowest BCUT2D eigenvalue weighted by atomic mass is 10.2. The van der Waals surface area contributed by atoms with Gasteiger partial charge in [0.2, 0.25) is 10.0 Å². The average Bonchev–Trinajstić information content (AvgIpc) is 2.96. The third-order valence-corrected chi connectivity index (χ3v) is 5.40. The van der Waals surface area contributed by atoms with Gasteiger partial charge in [-0.25, -0.2) is 18.4 Å². The van der Waals surface area contributed by atoms with Gasteiger partial charge < -0.3 is 10.4 Å². The topological polar surface area (TPSA) is 139 Å². The lowest BCUT2D eigenvalue weighted by molar-refractivity contribution is 0.0695. The standard InChI is InChI=1S/C13H13N3O5S2/c14-23(20,21)11-4-2-9(22-11)5-6-15-12(17)10-3-1-8(7-16-10)13(18)19/h1-4,7H,5-6H2,(H,15,17)(H,18,19)(H2,14,20,21). The van der Waals surface area contributed by atoms with Gasteiger partial charge in [-0.1, -0.05) is 0 Å². The van der Waals surface area contributed by atoms with E-state index in [9.17, 15) is 18.0 Å². The first-order valence-electron chi connectivity index (χ1n) is 6.36. The van der Waals surface area contributed by atoms with Gasteiger partial charge in [-0.2, -0.15) is 0 Å². The Labute approximate surface area is 136 Å². The van der Waals surface area contributed by atoms with Gasteiger partial charge in [0.25, 0.3) is 5.91 Å². The minimum atomic E-state index is -3.70. The van der Waals surface area contributed by atoms with Crippen molar-refractivity contribution in [3.8, 4) is 0 Å². The number of carboxylic acid groups (broad SMARTS) is 1. The van der Waals surface area contributed by atoms with E-state index in [1.165, 1.54) is 18.2 Å². The molecule has 0 unspecified atom stereocenters. The van der Waals surface area contributed by atoms with E-state index in [2.05, 4.69) is 10.3 Å². The molecule has 2 rings (SSSR count). The molecule has 0 saturated carbocycles. The average molecular weight is 355 g/mol. The number of carbonyl (C=O) groups is 2. The number of amides is 1. The van der Waals surface area contributed by atoms with E-state index in [1.807, 2.05) is 0 Å². The molecule has 2 heterocycles. The Hall–Kier alpha value is -2.30. The zero-order valence-corrected chi connectivity index (χ0v) is 13.4. The van der Waals surface area contributed by atoms with Gasteiger partial charge in [0.15, 0.2) is 0 Å². The highest BCUT2D eigenvalue weighted by Gasteiger charge is 2.12. The van der Waals surface area contributed by atoms with Gasteiger partial charge in [0, 0.05) is 17.6 Å². The summed E-state index contributed by atoms with van der Waals surface area (Å²) in [6.45, 7) is 0.283. The Bertz CT molecular complexity index is 828. The molecule has 0 aromatic carbocycles. The van der Waals surface area contributed by atoms with Crippen molar-refractivity contribution in [3.05, 3.63) is 46.6 Å². The number of pyridine rings is 1. The van der Waals surface area contributed by atoms with Gasteiger partial charge in [-0.05, 0) is 30.7 Å². The number of sulfonamides is 1. The maximum absolute atomic E-state index is 11.8. The fraction of sp³-hybridized carbons (Fsp3) is 0.154. The number of nitrogens with two attached hydrogens (primary N) is 1. The summed E-state index contributed by atoms with van der Waals surface area (Å²) in [5.74, 6) is -1.56. The van der Waals surface area contributed by atoms with Crippen molar-refractivity contribution >= 4 is 33.2 Å². The van der Waals surface area contributed by atoms with Crippen molar-refractivity contribution in [2.24, 2.45) is 5.14 Å². The zero-order chi connectivity index (χ0) is 17.0. The molecular weight excluding hydrogens is 342 g/mol. The predicted octanol–water partition coefficient (Wildman–Crippen LogP) is 0.461. The minimum absolute atomic E-state index is 0.00402. The number of hydrogen-bond donors (Lipinski definition) is 3. The van der Waals surface area contributed by atoms with E-state index in [0.717, 1.165) is 22.4 Å². The number of nitrogens with one attached hydrogen (secondary N) is 1. The van der Waals surface area contributed by atoms with Crippen LogP contribution in [0.25, 0.3) is 0 Å². The summed E-state index contributed by atoms with van der Waals surface area (Å²) in [5, 5.41) is 16.4. The summed E-state index contributed by atoms with van der Waals surface area (Å²) in [6.07, 6.45) is 1.55. The molecule has 0 aliphatic carbocycles. The van der Waals surface area contributed by atoms with Crippen molar-refractivity contribution in [1.82, 2.24) is 10.3 Å². The molecule has 0 radical (unpaired) electrons. The van der Waals surface area contributed by atoms with Crippen molar-refractivity contribution < 1.29 is 23.1 Å². The molecule has 0 saturated heterocycles. The van der Waals surface area contributed by atoms with Crippen LogP contribution < -0.4 is 10.5 Å². The van der Waals surface area contributed by atoms with E-state index >= 15 is 0 Å². The van der Waals surface area contributed by atoms with Crippen LogP contribution in [-0.2, 0) is 16.4 Å². The zero-order valence-electron chi connectivity index (χ0n) is 11.7. The Morgan fingerprint density at radius 1 is 1.26 bits per heavy atom. The van der Waals surface area contributed by atoms with E-state index in [0.29, 0.717) is 6.42 Å². The Kier molecular flexibility index (Phi) is 5.08. The Balaban J connectivity index is 1.89. The molecule has 0 atom stereocenters. The van der Waals surface area contributed by atoms with Crippen molar-refractivity contribution in [1.29, 1.82) is 0 Å². The van der Waals surface area contributed by atoms with Gasteiger partial charge in [-0.15, -0.1) is 11.3 Å². The molecule has 0 aliphatic rings. The predicted molar refractivity (Wildman–Crippen MR) is 82.9 cm³/mol. The normalized spacial score (nSPS) is 11.2. The first kappa shape index (κ1) is 17.1. The summed E-state index contributed by atoms with van der Waals surface area (Å²) >= 11 is 1.05. The molecule has 0 bridgehead atoms. The quantitative estimate of drug-likeness (QED) is 0.688. The molecule has 0 fully saturated rings. The maximum Gasteiger partial charge on any atom is 0.337 e. The van der Waals surface area contributed by atoms with E-state index < -0.39 is 21.9 Å². The highest BCUT2D eigenvalue weighted by atomic mass is 32.2. The molecule has 8 nitrogen and oxygen atoms in total. The van der Waals surface area contributed by atoms with Crippen LogP contribution in [0.15, 0.2) is 34.7 Å². The van der Waals surface area contributed by atoms with Gasteiger partial charge in [0.05, 0.1) is 5.56 Å². The highest BCUT2D eigenvalue weighted by Crippen LogP contribution is 2.20. The van der Waals surface area contributed by atoms with E-state index in [4.69, 9.17) is 10.2 Å². The lowest BCUT2D eigenvalue weighted by Crippen LogP contribution is -2.26. The van der Waals surface area contributed by atoms with Crippen molar-refractivity contribution in [2.45, 2.75) is 10.6 Å². The van der Waals surface area contributed by atoms with Crippen LogP contribution in [0, 0.1) is 0 Å². The van der Waals surface area contributed by atoms with Crippen LogP contribution in [0.3, 0.4) is 0 Å². The van der Waals surface area contributed by atoms with Crippen LogP contribution in [-0.4, -0.2) is 36.9 Å². The molecule has 122 valence electrons. The van der Waals surface area contributed by atoms with Crippen molar-refractivity contribution in [3.63, 3.8) is 0 Å². The van der Waals surface area contributed by atoms with Gasteiger partial charge in [-0.3, -0.25) is 9.78 Å². The number of nitrogens with zero attached hydrogens (tertiary/aromatic N) is 1. The number of primary sulfonamides is 1. The molecule has 2 aromatic rings. The maximum atomic E-state index is 11.8. The molecular formula is C13H13N3O5S2. The largest absolute Gasteiger partial charge is 0.478 e. The van der Waals surface area contributed by atoms with Crippen LogP contribution in [0.1, 0.15) is 25.7 Å². The Morgan fingerprint density at radius 3 is 2.52 bits per heavy atom. The molecule has 10 heteroatoms. The summed E-state index contributed by atoms with van der Waals surface area (Å²) in [4.78, 5) is 27.1. The van der Waals surface area contributed by atoms with Crippen LogP contribution >= 0.6 is 11.3 Å². The first-order chi connectivity index (χ1) is 10.8. The molecule has 23 heavy (non-hydrogen) atoms.